The van der Waals surface area contributed by atoms with Gasteiger partial charge in [-0.25, -0.2) is 0 Å². The summed E-state index contributed by atoms with van der Waals surface area (Å²) in [5.74, 6) is 0. The molecule has 0 amide bonds. The standard InChI is InChI=1S/C28H28B.C15H27P/c1-21-5-13-25(14-6-21)29(26-15-7-22(2)8-16-26,27-17-9-23(3)10-18-27)28-19-11-24(4)12-20-28;1-2-8-13(7-1)16(14-9-3-4-10-14)15-11-5-6-12-15/h5-20H,1-4H3;13-15H,1-12H2/q-1;/p+1. The molecule has 3 aliphatic rings. The largest absolute Gasteiger partial charge is 0.195 e. The van der Waals surface area contributed by atoms with Crippen molar-refractivity contribution >= 4 is 35.9 Å². The summed E-state index contributed by atoms with van der Waals surface area (Å²) in [6, 6.07) is 36.4. The second kappa shape index (κ2) is 14.9. The van der Waals surface area contributed by atoms with Gasteiger partial charge in [0.15, 0.2) is 0 Å². The van der Waals surface area contributed by atoms with Crippen LogP contribution < -0.4 is 21.9 Å². The summed E-state index contributed by atoms with van der Waals surface area (Å²) in [7, 11) is 0.0224. The first-order valence-corrected chi connectivity index (χ1v) is 20.0. The van der Waals surface area contributed by atoms with Gasteiger partial charge in [0.05, 0.1) is 17.0 Å². The summed E-state index contributed by atoms with van der Waals surface area (Å²) in [6.07, 6.45) is 17.9. The van der Waals surface area contributed by atoms with Crippen molar-refractivity contribution in [2.24, 2.45) is 0 Å². The van der Waals surface area contributed by atoms with E-state index < -0.39 is 6.15 Å². The lowest BCUT2D eigenvalue weighted by Gasteiger charge is -2.44. The SMILES string of the molecule is C1CCC([PH+](C2CCCC2)C2CCCC2)C1.Cc1ccc([B-](c2ccc(C)cc2)(c2ccc(C)cc2)c2ccc(C)cc2)cc1. The molecule has 2 heteroatoms. The van der Waals surface area contributed by atoms with Crippen molar-refractivity contribution in [2.45, 2.75) is 122 Å². The van der Waals surface area contributed by atoms with E-state index in [1.165, 1.54) is 61.1 Å². The van der Waals surface area contributed by atoms with Gasteiger partial charge in [-0.15, -0.1) is 0 Å². The number of hydrogen-bond donors (Lipinski definition) is 0. The fourth-order valence-corrected chi connectivity index (χ4v) is 14.6. The molecule has 0 heterocycles. The monoisotopic (exact) mass is 614 g/mol. The van der Waals surface area contributed by atoms with E-state index in [0.29, 0.717) is 0 Å². The molecule has 0 saturated heterocycles. The third kappa shape index (κ3) is 7.20. The first-order chi connectivity index (χ1) is 21.9. The zero-order valence-electron chi connectivity index (χ0n) is 28.5. The van der Waals surface area contributed by atoms with Gasteiger partial charge in [-0.1, -0.05) is 119 Å². The van der Waals surface area contributed by atoms with E-state index in [9.17, 15) is 0 Å². The minimum atomic E-state index is -1.27. The smallest absolute Gasteiger partial charge is 0.108 e. The molecule has 236 valence electrons. The molecule has 0 aliphatic heterocycles. The second-order valence-corrected chi connectivity index (χ2v) is 18.4. The maximum Gasteiger partial charge on any atom is 0.108 e. The summed E-state index contributed by atoms with van der Waals surface area (Å²) in [6.45, 7) is 8.62. The van der Waals surface area contributed by atoms with Crippen LogP contribution in [-0.2, 0) is 0 Å². The number of rotatable bonds is 7. The molecule has 0 nitrogen and oxygen atoms in total. The predicted octanol–water partition coefficient (Wildman–Crippen LogP) is 9.33. The highest BCUT2D eigenvalue weighted by Crippen LogP contribution is 2.63. The lowest BCUT2D eigenvalue weighted by Crippen LogP contribution is -2.74. The Morgan fingerprint density at radius 3 is 0.756 bits per heavy atom. The van der Waals surface area contributed by atoms with Crippen molar-refractivity contribution in [2.75, 3.05) is 0 Å². The lowest BCUT2D eigenvalue weighted by molar-refractivity contribution is 0.775. The Hall–Kier alpha value is -2.63. The maximum atomic E-state index is 2.31. The van der Waals surface area contributed by atoms with Crippen molar-refractivity contribution < 1.29 is 0 Å². The number of aryl methyl sites for hydroxylation is 4. The third-order valence-electron chi connectivity index (χ3n) is 11.8. The van der Waals surface area contributed by atoms with Crippen LogP contribution >= 0.6 is 7.92 Å². The van der Waals surface area contributed by atoms with Crippen molar-refractivity contribution in [1.82, 2.24) is 0 Å². The Kier molecular flexibility index (Phi) is 10.7. The molecule has 0 N–H and O–H groups in total. The third-order valence-corrected chi connectivity index (χ3v) is 16.3. The molecule has 4 aromatic rings. The van der Waals surface area contributed by atoms with Crippen molar-refractivity contribution in [1.29, 1.82) is 0 Å². The molecule has 0 radical (unpaired) electrons. The summed E-state index contributed by atoms with van der Waals surface area (Å²) in [5, 5.41) is 0. The van der Waals surface area contributed by atoms with Crippen LogP contribution in [-0.4, -0.2) is 23.1 Å². The van der Waals surface area contributed by atoms with Crippen LogP contribution in [0.4, 0.5) is 0 Å². The molecule has 3 fully saturated rings. The molecule has 7 rings (SSSR count). The van der Waals surface area contributed by atoms with Gasteiger partial charge in [0.25, 0.3) is 0 Å². The van der Waals surface area contributed by atoms with E-state index >= 15 is 0 Å². The molecule has 4 aromatic carbocycles. The molecule has 0 aromatic heterocycles. The fraction of sp³-hybridized carbons (Fsp3) is 0.442. The van der Waals surface area contributed by atoms with Gasteiger partial charge < -0.3 is 0 Å². The first-order valence-electron chi connectivity index (χ1n) is 18.3. The molecule has 0 bridgehead atoms. The Balaban J connectivity index is 0.000000187. The first kappa shape index (κ1) is 32.3. The van der Waals surface area contributed by atoms with Crippen LogP contribution in [0.15, 0.2) is 97.1 Å². The Labute approximate surface area is 276 Å². The van der Waals surface area contributed by atoms with Crippen LogP contribution in [0.2, 0.25) is 0 Å². The zero-order valence-corrected chi connectivity index (χ0v) is 29.5. The Morgan fingerprint density at radius 2 is 0.556 bits per heavy atom. The van der Waals surface area contributed by atoms with Crippen molar-refractivity contribution in [3.8, 4) is 0 Å². The Bertz CT molecular complexity index is 1240. The normalized spacial score (nSPS) is 18.0. The van der Waals surface area contributed by atoms with Crippen molar-refractivity contribution in [3.63, 3.8) is 0 Å². The zero-order chi connectivity index (χ0) is 31.2. The predicted molar refractivity (Wildman–Crippen MR) is 204 cm³/mol. The molecule has 3 saturated carbocycles. The van der Waals surface area contributed by atoms with Crippen LogP contribution in [0.3, 0.4) is 0 Å². The molecule has 0 atom stereocenters. The molecule has 3 aliphatic carbocycles. The fourth-order valence-electron chi connectivity index (χ4n) is 9.35. The van der Waals surface area contributed by atoms with Crippen LogP contribution in [0.1, 0.15) is 99.3 Å². The Morgan fingerprint density at radius 1 is 0.356 bits per heavy atom. The highest BCUT2D eigenvalue weighted by Gasteiger charge is 2.44. The highest BCUT2D eigenvalue weighted by molar-refractivity contribution is 7.60. The van der Waals surface area contributed by atoms with E-state index in [1.54, 1.807) is 77.0 Å². The molecular formula is C43H56BP. The highest BCUT2D eigenvalue weighted by atomic mass is 31.1. The number of benzene rings is 4. The average Bonchev–Trinajstić information content (AvgIpc) is 3.88. The van der Waals surface area contributed by atoms with Gasteiger partial charge in [0.2, 0.25) is 0 Å². The van der Waals surface area contributed by atoms with E-state index in [4.69, 9.17) is 0 Å². The van der Waals surface area contributed by atoms with E-state index in [0.717, 1.165) is 0 Å². The van der Waals surface area contributed by atoms with Gasteiger partial charge in [-0.05, 0) is 105 Å². The quantitative estimate of drug-likeness (QED) is 0.144. The summed E-state index contributed by atoms with van der Waals surface area (Å²) in [5.41, 5.74) is 14.3. The van der Waals surface area contributed by atoms with E-state index in [-0.39, 0.29) is 7.92 Å². The summed E-state index contributed by atoms with van der Waals surface area (Å²) in [4.78, 5) is 0. The minimum absolute atomic E-state index is 0.0224. The van der Waals surface area contributed by atoms with Crippen molar-refractivity contribution in [3.05, 3.63) is 119 Å². The number of hydrogen-bond acceptors (Lipinski definition) is 0. The topological polar surface area (TPSA) is 0 Å². The maximum absolute atomic E-state index is 2.31. The average molecular weight is 615 g/mol. The van der Waals surface area contributed by atoms with Gasteiger partial charge >= 0.3 is 0 Å². The summed E-state index contributed by atoms with van der Waals surface area (Å²) >= 11 is 0. The van der Waals surface area contributed by atoms with E-state index in [2.05, 4.69) is 125 Å². The lowest BCUT2D eigenvalue weighted by atomic mass is 9.13. The molecule has 45 heavy (non-hydrogen) atoms. The molecule has 0 spiro atoms. The van der Waals surface area contributed by atoms with Crippen LogP contribution in [0.5, 0.6) is 0 Å². The van der Waals surface area contributed by atoms with Gasteiger partial charge in [-0.2, -0.15) is 21.9 Å². The minimum Gasteiger partial charge on any atom is -0.195 e. The van der Waals surface area contributed by atoms with Gasteiger partial charge in [-0.3, -0.25) is 0 Å². The molecule has 0 unspecified atom stereocenters. The summed E-state index contributed by atoms with van der Waals surface area (Å²) < 4.78 is 0. The van der Waals surface area contributed by atoms with Gasteiger partial charge in [0.1, 0.15) is 6.15 Å². The van der Waals surface area contributed by atoms with Crippen LogP contribution in [0, 0.1) is 27.7 Å². The van der Waals surface area contributed by atoms with E-state index in [1.807, 2.05) is 0 Å². The van der Waals surface area contributed by atoms with Gasteiger partial charge in [0, 0.05) is 7.92 Å². The molecular weight excluding hydrogens is 558 g/mol. The van der Waals surface area contributed by atoms with Crippen LogP contribution in [0.25, 0.3) is 0 Å². The second-order valence-electron chi connectivity index (χ2n) is 15.0.